The van der Waals surface area contributed by atoms with Crippen LogP contribution in [0.25, 0.3) is 17.1 Å². The smallest absolute Gasteiger partial charge is 0.122 e. The maximum Gasteiger partial charge on any atom is 0.122 e. The van der Waals surface area contributed by atoms with Crippen molar-refractivity contribution in [3.63, 3.8) is 0 Å². The fraction of sp³-hybridized carbons (Fsp3) is 0.100. The second kappa shape index (κ2) is 8.10. The fourth-order valence-corrected chi connectivity index (χ4v) is 4.96. The van der Waals surface area contributed by atoms with Crippen molar-refractivity contribution in [2.45, 2.75) is 12.0 Å². The summed E-state index contributed by atoms with van der Waals surface area (Å²) < 4.78 is 7.72. The number of ether oxygens (including phenoxy) is 1. The first-order chi connectivity index (χ1) is 16.3. The van der Waals surface area contributed by atoms with Gasteiger partial charge in [0.1, 0.15) is 11.6 Å². The number of nitrogens with zero attached hydrogens (tertiary/aromatic N) is 2. The van der Waals surface area contributed by atoms with E-state index in [0.717, 1.165) is 28.2 Å². The lowest BCUT2D eigenvalue weighted by atomic mass is 9.82. The third-order valence-corrected chi connectivity index (χ3v) is 6.50. The van der Waals surface area contributed by atoms with Crippen LogP contribution >= 0.6 is 0 Å². The van der Waals surface area contributed by atoms with Crippen LogP contribution in [0.3, 0.4) is 0 Å². The number of allylic oxidation sites excluding steroid dienone is 1. The molecule has 33 heavy (non-hydrogen) atoms. The lowest BCUT2D eigenvalue weighted by Crippen LogP contribution is -2.24. The summed E-state index contributed by atoms with van der Waals surface area (Å²) >= 11 is 0. The summed E-state index contributed by atoms with van der Waals surface area (Å²) in [7, 11) is 1.69. The molecule has 2 unspecified atom stereocenters. The average molecular weight is 429 g/mol. The molecule has 1 aromatic heterocycles. The Morgan fingerprint density at radius 2 is 1.45 bits per heavy atom. The van der Waals surface area contributed by atoms with E-state index in [-0.39, 0.29) is 12.0 Å². The zero-order valence-electron chi connectivity index (χ0n) is 18.4. The monoisotopic (exact) mass is 428 g/mol. The van der Waals surface area contributed by atoms with Gasteiger partial charge in [-0.3, -0.25) is 0 Å². The summed E-state index contributed by atoms with van der Waals surface area (Å²) in [5, 5.41) is 0. The van der Waals surface area contributed by atoms with Crippen LogP contribution in [-0.4, -0.2) is 16.7 Å². The highest BCUT2D eigenvalue weighted by Gasteiger charge is 2.34. The van der Waals surface area contributed by atoms with Gasteiger partial charge in [-0.05, 0) is 46.5 Å². The van der Waals surface area contributed by atoms with Gasteiger partial charge in [0.15, 0.2) is 0 Å². The molecule has 0 saturated heterocycles. The van der Waals surface area contributed by atoms with Crippen LogP contribution in [0.4, 0.5) is 0 Å². The predicted molar refractivity (Wildman–Crippen MR) is 134 cm³/mol. The van der Waals surface area contributed by atoms with Crippen molar-refractivity contribution in [1.82, 2.24) is 9.55 Å². The quantitative estimate of drug-likeness (QED) is 0.313. The lowest BCUT2D eigenvalue weighted by molar-refractivity contribution is 0.415. The Kier molecular flexibility index (Phi) is 4.80. The second-order valence-corrected chi connectivity index (χ2v) is 8.38. The van der Waals surface area contributed by atoms with Gasteiger partial charge in [-0.15, -0.1) is 0 Å². The molecule has 0 fully saturated rings. The first kappa shape index (κ1) is 19.6. The molecule has 0 aliphatic carbocycles. The number of methoxy groups -OCH3 is 1. The molecule has 3 nitrogen and oxygen atoms in total. The maximum atomic E-state index is 5.31. The van der Waals surface area contributed by atoms with E-state index >= 15 is 0 Å². The number of hydrogen-bond donors (Lipinski definition) is 0. The van der Waals surface area contributed by atoms with E-state index in [1.165, 1.54) is 16.7 Å². The fourth-order valence-electron chi connectivity index (χ4n) is 4.96. The summed E-state index contributed by atoms with van der Waals surface area (Å²) in [6.07, 6.45) is 4.49. The van der Waals surface area contributed by atoms with Gasteiger partial charge in [0.05, 0.1) is 30.1 Å². The SMILES string of the molecule is COc1ccc(/C=C/C2c3ccccc3C(c3ccccc3)c3nc4ccccc4n32)cc1. The molecule has 0 radical (unpaired) electrons. The third-order valence-electron chi connectivity index (χ3n) is 6.50. The van der Waals surface area contributed by atoms with E-state index in [4.69, 9.17) is 9.72 Å². The molecule has 0 N–H and O–H groups in total. The molecule has 2 heterocycles. The Morgan fingerprint density at radius 3 is 2.24 bits per heavy atom. The number of fused-ring (bicyclic) bond motifs is 4. The van der Waals surface area contributed by atoms with Crippen LogP contribution in [-0.2, 0) is 0 Å². The zero-order chi connectivity index (χ0) is 22.2. The minimum absolute atomic E-state index is 0.0608. The zero-order valence-corrected chi connectivity index (χ0v) is 18.4. The standard InChI is InChI=1S/C30H24N2O/c1-33-23-18-15-21(16-19-23)17-20-27-24-11-5-6-12-25(24)29(22-9-3-2-4-10-22)30-31-26-13-7-8-14-28(26)32(27)30/h2-20,27,29H,1H3/b20-17+. The van der Waals surface area contributed by atoms with Crippen molar-refractivity contribution in [3.05, 3.63) is 137 Å². The number of imidazole rings is 1. The number of benzene rings is 4. The number of aromatic nitrogens is 2. The van der Waals surface area contributed by atoms with E-state index < -0.39 is 0 Å². The van der Waals surface area contributed by atoms with Crippen molar-refractivity contribution in [1.29, 1.82) is 0 Å². The van der Waals surface area contributed by atoms with Crippen LogP contribution < -0.4 is 4.74 Å². The largest absolute Gasteiger partial charge is 0.497 e. The topological polar surface area (TPSA) is 27.1 Å². The van der Waals surface area contributed by atoms with E-state index in [1.54, 1.807) is 7.11 Å². The van der Waals surface area contributed by atoms with Crippen molar-refractivity contribution in [2.75, 3.05) is 7.11 Å². The molecule has 0 saturated carbocycles. The van der Waals surface area contributed by atoms with E-state index in [2.05, 4.69) is 108 Å². The summed E-state index contributed by atoms with van der Waals surface area (Å²) in [6, 6.07) is 36.2. The van der Waals surface area contributed by atoms with Gasteiger partial charge >= 0.3 is 0 Å². The van der Waals surface area contributed by atoms with Crippen molar-refractivity contribution >= 4 is 17.1 Å². The van der Waals surface area contributed by atoms with E-state index in [0.29, 0.717) is 0 Å². The molecule has 4 aromatic carbocycles. The summed E-state index contributed by atoms with van der Waals surface area (Å²) in [4.78, 5) is 5.15. The van der Waals surface area contributed by atoms with Gasteiger partial charge in [0, 0.05) is 0 Å². The van der Waals surface area contributed by atoms with Gasteiger partial charge in [-0.1, -0.05) is 91.0 Å². The van der Waals surface area contributed by atoms with Crippen LogP contribution in [0.1, 0.15) is 40.0 Å². The molecular weight excluding hydrogens is 404 g/mol. The average Bonchev–Trinajstić information content (AvgIpc) is 3.26. The Labute approximate surface area is 193 Å². The maximum absolute atomic E-state index is 5.31. The highest BCUT2D eigenvalue weighted by Crippen LogP contribution is 2.44. The molecule has 1 aliphatic heterocycles. The molecule has 0 amide bonds. The number of para-hydroxylation sites is 2. The molecule has 0 spiro atoms. The molecule has 3 heteroatoms. The van der Waals surface area contributed by atoms with Gasteiger partial charge in [0.25, 0.3) is 0 Å². The molecule has 5 aromatic rings. The molecule has 1 aliphatic rings. The van der Waals surface area contributed by atoms with Gasteiger partial charge in [0.2, 0.25) is 0 Å². The highest BCUT2D eigenvalue weighted by atomic mass is 16.5. The molecule has 2 atom stereocenters. The van der Waals surface area contributed by atoms with Crippen LogP contribution in [0.15, 0.2) is 109 Å². The van der Waals surface area contributed by atoms with E-state index in [1.807, 2.05) is 12.1 Å². The lowest BCUT2D eigenvalue weighted by Gasteiger charge is -2.32. The van der Waals surface area contributed by atoms with Crippen LogP contribution in [0.2, 0.25) is 0 Å². The summed E-state index contributed by atoms with van der Waals surface area (Å²) in [5.41, 5.74) is 7.22. The van der Waals surface area contributed by atoms with Crippen LogP contribution in [0.5, 0.6) is 5.75 Å². The Morgan fingerprint density at radius 1 is 0.758 bits per heavy atom. The first-order valence-electron chi connectivity index (χ1n) is 11.3. The van der Waals surface area contributed by atoms with E-state index in [9.17, 15) is 0 Å². The Hall–Kier alpha value is -4.11. The normalized spacial score (nSPS) is 17.1. The third kappa shape index (κ3) is 3.33. The molecule has 160 valence electrons. The Bertz CT molecular complexity index is 1450. The molecular formula is C30H24N2O. The van der Waals surface area contributed by atoms with Crippen molar-refractivity contribution < 1.29 is 4.74 Å². The van der Waals surface area contributed by atoms with Gasteiger partial charge in [-0.2, -0.15) is 0 Å². The number of hydrogen-bond acceptors (Lipinski definition) is 2. The minimum Gasteiger partial charge on any atom is -0.497 e. The van der Waals surface area contributed by atoms with Crippen LogP contribution in [0, 0.1) is 0 Å². The first-order valence-corrected chi connectivity index (χ1v) is 11.3. The minimum atomic E-state index is 0.0608. The molecule has 6 rings (SSSR count). The van der Waals surface area contributed by atoms with Gasteiger partial charge in [-0.25, -0.2) is 4.98 Å². The number of rotatable bonds is 4. The predicted octanol–water partition coefficient (Wildman–Crippen LogP) is 6.84. The Balaban J connectivity index is 1.56. The van der Waals surface area contributed by atoms with Crippen molar-refractivity contribution in [2.24, 2.45) is 0 Å². The highest BCUT2D eigenvalue weighted by molar-refractivity contribution is 5.78. The van der Waals surface area contributed by atoms with Crippen molar-refractivity contribution in [3.8, 4) is 5.75 Å². The molecule has 0 bridgehead atoms. The van der Waals surface area contributed by atoms with Gasteiger partial charge < -0.3 is 9.30 Å². The second-order valence-electron chi connectivity index (χ2n) is 8.38. The summed E-state index contributed by atoms with van der Waals surface area (Å²) in [5.74, 6) is 2.05. The summed E-state index contributed by atoms with van der Waals surface area (Å²) in [6.45, 7) is 0.